The summed E-state index contributed by atoms with van der Waals surface area (Å²) in [5, 5.41) is 3.65. The van der Waals surface area contributed by atoms with Crippen molar-refractivity contribution in [2.24, 2.45) is 0 Å². The number of amides is 1. The van der Waals surface area contributed by atoms with Gasteiger partial charge in [0.05, 0.1) is 4.75 Å². The molecule has 0 spiro atoms. The molecule has 3 nitrogen and oxygen atoms in total. The number of hydrogen-bond donors (Lipinski definition) is 1. The quantitative estimate of drug-likeness (QED) is 0.604. The molecule has 0 aromatic rings. The third-order valence-electron chi connectivity index (χ3n) is 3.59. The number of fused-ring (bicyclic) bond motifs is 1. The van der Waals surface area contributed by atoms with Gasteiger partial charge in [0.2, 0.25) is 5.91 Å². The summed E-state index contributed by atoms with van der Waals surface area (Å²) >= 11 is 1.84. The largest absolute Gasteiger partial charge is 0.303 e. The second-order valence-corrected chi connectivity index (χ2v) is 7.05. The van der Waals surface area contributed by atoms with Gasteiger partial charge in [-0.05, 0) is 26.8 Å². The van der Waals surface area contributed by atoms with Crippen LogP contribution in [0.3, 0.4) is 0 Å². The number of nitrogens with one attached hydrogen (secondary N) is 1. The zero-order valence-corrected chi connectivity index (χ0v) is 11.8. The van der Waals surface area contributed by atoms with E-state index >= 15 is 0 Å². The SMILES string of the molecule is C=C1N2C(=O)[C@@H](NCCCCC)[C@H]2SC1(C)C. The molecule has 0 aromatic carbocycles. The van der Waals surface area contributed by atoms with E-state index in [9.17, 15) is 4.79 Å². The van der Waals surface area contributed by atoms with Gasteiger partial charge < -0.3 is 5.32 Å². The first-order valence-electron chi connectivity index (χ1n) is 6.42. The maximum atomic E-state index is 12.0. The van der Waals surface area contributed by atoms with Crippen LogP contribution in [0, 0.1) is 0 Å². The van der Waals surface area contributed by atoms with E-state index in [-0.39, 0.29) is 22.1 Å². The molecule has 2 aliphatic heterocycles. The van der Waals surface area contributed by atoms with Crippen LogP contribution in [0.5, 0.6) is 0 Å². The van der Waals surface area contributed by atoms with E-state index in [1.165, 1.54) is 12.8 Å². The molecular formula is C13H22N2OS. The van der Waals surface area contributed by atoms with E-state index < -0.39 is 0 Å². The van der Waals surface area contributed by atoms with Crippen molar-refractivity contribution in [2.45, 2.75) is 56.2 Å². The number of thioether (sulfide) groups is 1. The Hall–Kier alpha value is -0.480. The molecular weight excluding hydrogens is 232 g/mol. The Morgan fingerprint density at radius 1 is 1.47 bits per heavy atom. The summed E-state index contributed by atoms with van der Waals surface area (Å²) in [6.45, 7) is 11.5. The Bertz CT molecular complexity index is 340. The zero-order chi connectivity index (χ0) is 12.6. The fraction of sp³-hybridized carbons (Fsp3) is 0.769. The number of unbranched alkanes of at least 4 members (excludes halogenated alkanes) is 2. The smallest absolute Gasteiger partial charge is 0.247 e. The molecule has 1 amide bonds. The molecule has 17 heavy (non-hydrogen) atoms. The van der Waals surface area contributed by atoms with Gasteiger partial charge in [0.15, 0.2) is 0 Å². The van der Waals surface area contributed by atoms with E-state index in [1.807, 2.05) is 16.7 Å². The second kappa shape index (κ2) is 4.65. The standard InChI is InChI=1S/C13H22N2OS/c1-5-6-7-8-14-10-11(16)15-9(2)13(3,4)17-12(10)15/h10,12,14H,2,5-8H2,1,3-4H3/t10-,12-/m1/s1. The lowest BCUT2D eigenvalue weighted by Crippen LogP contribution is -2.65. The van der Waals surface area contributed by atoms with Crippen molar-refractivity contribution in [3.63, 3.8) is 0 Å². The highest BCUT2D eigenvalue weighted by Gasteiger charge is 2.57. The van der Waals surface area contributed by atoms with Crippen LogP contribution in [0.15, 0.2) is 12.3 Å². The monoisotopic (exact) mass is 254 g/mol. The van der Waals surface area contributed by atoms with Gasteiger partial charge in [-0.3, -0.25) is 9.69 Å². The molecule has 0 aliphatic carbocycles. The minimum Gasteiger partial charge on any atom is -0.303 e. The van der Waals surface area contributed by atoms with Gasteiger partial charge in [0, 0.05) is 5.70 Å². The summed E-state index contributed by atoms with van der Waals surface area (Å²) in [4.78, 5) is 13.9. The Balaban J connectivity index is 1.88. The number of β-lactam (4-membered cyclic amide) rings is 1. The highest BCUT2D eigenvalue weighted by molar-refractivity contribution is 8.01. The lowest BCUT2D eigenvalue weighted by molar-refractivity contribution is -0.142. The van der Waals surface area contributed by atoms with Gasteiger partial charge >= 0.3 is 0 Å². The number of rotatable bonds is 5. The van der Waals surface area contributed by atoms with Crippen molar-refractivity contribution in [3.8, 4) is 0 Å². The third kappa shape index (κ3) is 2.13. The molecule has 0 radical (unpaired) electrons. The Labute approximate surface area is 108 Å². The second-order valence-electron chi connectivity index (χ2n) is 5.31. The molecule has 0 unspecified atom stereocenters. The van der Waals surface area contributed by atoms with Crippen LogP contribution in [0.1, 0.15) is 40.0 Å². The molecule has 96 valence electrons. The Morgan fingerprint density at radius 2 is 2.18 bits per heavy atom. The molecule has 2 saturated heterocycles. The first-order chi connectivity index (χ1) is 7.99. The zero-order valence-electron chi connectivity index (χ0n) is 11.0. The highest BCUT2D eigenvalue weighted by Crippen LogP contribution is 2.52. The fourth-order valence-electron chi connectivity index (χ4n) is 2.35. The van der Waals surface area contributed by atoms with Crippen molar-refractivity contribution in [2.75, 3.05) is 6.54 Å². The molecule has 2 heterocycles. The maximum Gasteiger partial charge on any atom is 0.247 e. The maximum absolute atomic E-state index is 12.0. The average Bonchev–Trinajstić information content (AvgIpc) is 2.47. The van der Waals surface area contributed by atoms with Gasteiger partial charge in [-0.15, -0.1) is 11.8 Å². The molecule has 0 saturated carbocycles. The summed E-state index contributed by atoms with van der Waals surface area (Å²) in [7, 11) is 0. The lowest BCUT2D eigenvalue weighted by atomic mass is 10.0. The molecule has 2 aliphatic rings. The highest BCUT2D eigenvalue weighted by atomic mass is 32.2. The molecule has 1 N–H and O–H groups in total. The van der Waals surface area contributed by atoms with Gasteiger partial charge in [-0.2, -0.15) is 0 Å². The minimum absolute atomic E-state index is 0.000174. The summed E-state index contributed by atoms with van der Waals surface area (Å²) < 4.78 is 0.000174. The number of carbonyl (C=O) groups is 1. The summed E-state index contributed by atoms with van der Waals surface area (Å²) in [5.41, 5.74) is 0.962. The molecule has 0 bridgehead atoms. The molecule has 0 aromatic heterocycles. The first-order valence-corrected chi connectivity index (χ1v) is 7.30. The predicted molar refractivity (Wildman–Crippen MR) is 72.8 cm³/mol. The van der Waals surface area contributed by atoms with Crippen molar-refractivity contribution in [3.05, 3.63) is 12.3 Å². The molecule has 2 fully saturated rings. The van der Waals surface area contributed by atoms with Crippen molar-refractivity contribution < 1.29 is 4.79 Å². The normalized spacial score (nSPS) is 30.4. The van der Waals surface area contributed by atoms with Crippen LogP contribution in [-0.4, -0.2) is 33.5 Å². The van der Waals surface area contributed by atoms with E-state index in [4.69, 9.17) is 0 Å². The summed E-state index contributed by atoms with van der Waals surface area (Å²) in [6.07, 6.45) is 3.60. The topological polar surface area (TPSA) is 32.3 Å². The van der Waals surface area contributed by atoms with Crippen LogP contribution in [0.4, 0.5) is 0 Å². The lowest BCUT2D eigenvalue weighted by Gasteiger charge is -2.42. The Morgan fingerprint density at radius 3 is 2.82 bits per heavy atom. The van der Waals surface area contributed by atoms with E-state index in [2.05, 4.69) is 32.7 Å². The Kier molecular flexibility index (Phi) is 3.55. The number of hydrogen-bond acceptors (Lipinski definition) is 3. The van der Waals surface area contributed by atoms with Crippen molar-refractivity contribution >= 4 is 17.7 Å². The van der Waals surface area contributed by atoms with Crippen LogP contribution in [-0.2, 0) is 4.79 Å². The average molecular weight is 254 g/mol. The van der Waals surface area contributed by atoms with E-state index in [1.54, 1.807) is 0 Å². The molecule has 2 atom stereocenters. The van der Waals surface area contributed by atoms with Crippen LogP contribution >= 0.6 is 11.8 Å². The number of carbonyl (C=O) groups excluding carboxylic acids is 1. The minimum atomic E-state index is 0.000174. The summed E-state index contributed by atoms with van der Waals surface area (Å²) in [6, 6.07) is 0.00961. The van der Waals surface area contributed by atoms with Crippen LogP contribution in [0.2, 0.25) is 0 Å². The van der Waals surface area contributed by atoms with E-state index in [0.717, 1.165) is 18.7 Å². The van der Waals surface area contributed by atoms with Crippen LogP contribution < -0.4 is 5.32 Å². The van der Waals surface area contributed by atoms with Gasteiger partial charge in [0.25, 0.3) is 0 Å². The van der Waals surface area contributed by atoms with Gasteiger partial charge in [0.1, 0.15) is 11.4 Å². The predicted octanol–water partition coefficient (Wildman–Crippen LogP) is 2.34. The fourth-order valence-corrected chi connectivity index (χ4v) is 3.88. The van der Waals surface area contributed by atoms with Crippen molar-refractivity contribution in [1.29, 1.82) is 0 Å². The van der Waals surface area contributed by atoms with Crippen LogP contribution in [0.25, 0.3) is 0 Å². The van der Waals surface area contributed by atoms with Crippen molar-refractivity contribution in [1.82, 2.24) is 10.2 Å². The van der Waals surface area contributed by atoms with Gasteiger partial charge in [-0.25, -0.2) is 0 Å². The third-order valence-corrected chi connectivity index (χ3v) is 5.14. The molecule has 4 heteroatoms. The number of nitrogens with zero attached hydrogens (tertiary/aromatic N) is 1. The van der Waals surface area contributed by atoms with E-state index in [0.29, 0.717) is 0 Å². The first kappa shape index (κ1) is 13.0. The van der Waals surface area contributed by atoms with Gasteiger partial charge in [-0.1, -0.05) is 26.3 Å². The molecule has 2 rings (SSSR count). The summed E-state index contributed by atoms with van der Waals surface area (Å²) in [5.74, 6) is 0.203.